The van der Waals surface area contributed by atoms with Gasteiger partial charge in [-0.25, -0.2) is 0 Å². The fraction of sp³-hybridized carbons (Fsp3) is 0.538. The summed E-state index contributed by atoms with van der Waals surface area (Å²) in [5.41, 5.74) is 12.4. The third-order valence-corrected chi connectivity index (χ3v) is 3.01. The minimum absolute atomic E-state index is 0.0562. The average Bonchev–Trinajstić information content (AvgIpc) is 2.27. The maximum absolute atomic E-state index is 12.0. The Bertz CT molecular complexity index is 388. The minimum Gasteiger partial charge on any atom is -0.398 e. The van der Waals surface area contributed by atoms with Gasteiger partial charge in [0.2, 0.25) is 0 Å². The highest BCUT2D eigenvalue weighted by molar-refractivity contribution is 6.00. The van der Waals surface area contributed by atoms with Gasteiger partial charge in [-0.1, -0.05) is 13.8 Å². The number of hydrogen-bond acceptors (Lipinski definition) is 4. The van der Waals surface area contributed by atoms with Crippen molar-refractivity contribution in [3.63, 3.8) is 0 Å². The van der Waals surface area contributed by atoms with Crippen LogP contribution >= 0.6 is 0 Å². The Morgan fingerprint density at radius 1 is 1.41 bits per heavy atom. The molecule has 94 valence electrons. The molecule has 0 radical (unpaired) electrons. The zero-order valence-corrected chi connectivity index (χ0v) is 10.6. The van der Waals surface area contributed by atoms with Crippen LogP contribution in [0.2, 0.25) is 0 Å². The van der Waals surface area contributed by atoms with Gasteiger partial charge in [0.25, 0.3) is 0 Å². The molecule has 1 rings (SSSR count). The van der Waals surface area contributed by atoms with Crippen LogP contribution in [0.25, 0.3) is 0 Å². The first-order valence-electron chi connectivity index (χ1n) is 5.89. The molecule has 4 N–H and O–H groups in total. The normalized spacial score (nSPS) is 11.5. The van der Waals surface area contributed by atoms with Crippen molar-refractivity contribution in [1.29, 1.82) is 0 Å². The zero-order chi connectivity index (χ0) is 12.9. The second-order valence-corrected chi connectivity index (χ2v) is 5.09. The summed E-state index contributed by atoms with van der Waals surface area (Å²) < 4.78 is 0. The SMILES string of the molecule is CC(C)(CCN)CCC(=O)c1cnccc1N. The standard InChI is InChI=1S/C13H21N3O/c1-13(2,6-7-14)5-3-12(17)10-9-16-8-4-11(10)15/h4,8-9H,3,5-7,14H2,1-2H3,(H2,15,16). The van der Waals surface area contributed by atoms with Gasteiger partial charge in [-0.2, -0.15) is 0 Å². The first-order chi connectivity index (χ1) is 7.96. The van der Waals surface area contributed by atoms with E-state index < -0.39 is 0 Å². The van der Waals surface area contributed by atoms with Gasteiger partial charge in [0.15, 0.2) is 5.78 Å². The third-order valence-electron chi connectivity index (χ3n) is 3.01. The summed E-state index contributed by atoms with van der Waals surface area (Å²) in [6.07, 6.45) is 5.35. The summed E-state index contributed by atoms with van der Waals surface area (Å²) in [5, 5.41) is 0. The fourth-order valence-corrected chi connectivity index (χ4v) is 1.74. The summed E-state index contributed by atoms with van der Waals surface area (Å²) in [4.78, 5) is 15.9. The van der Waals surface area contributed by atoms with Crippen LogP contribution in [0.15, 0.2) is 18.5 Å². The molecule has 1 aromatic rings. The largest absolute Gasteiger partial charge is 0.398 e. The first kappa shape index (κ1) is 13.6. The number of aromatic nitrogens is 1. The highest BCUT2D eigenvalue weighted by atomic mass is 16.1. The Balaban J connectivity index is 2.59. The van der Waals surface area contributed by atoms with E-state index in [1.165, 1.54) is 6.20 Å². The van der Waals surface area contributed by atoms with Crippen LogP contribution in [0.4, 0.5) is 5.69 Å². The molecule has 0 amide bonds. The lowest BCUT2D eigenvalue weighted by atomic mass is 9.83. The highest BCUT2D eigenvalue weighted by Gasteiger charge is 2.19. The maximum atomic E-state index is 12.0. The van der Waals surface area contributed by atoms with E-state index in [1.807, 2.05) is 0 Å². The third kappa shape index (κ3) is 4.15. The van der Waals surface area contributed by atoms with Crippen molar-refractivity contribution in [2.24, 2.45) is 11.1 Å². The monoisotopic (exact) mass is 235 g/mol. The molecule has 0 bridgehead atoms. The van der Waals surface area contributed by atoms with Gasteiger partial charge in [-0.15, -0.1) is 0 Å². The second-order valence-electron chi connectivity index (χ2n) is 5.09. The molecule has 4 nitrogen and oxygen atoms in total. The van der Waals surface area contributed by atoms with Gasteiger partial charge in [0.1, 0.15) is 0 Å². The van der Waals surface area contributed by atoms with Gasteiger partial charge in [0, 0.05) is 24.5 Å². The number of carbonyl (C=O) groups is 1. The molecule has 0 spiro atoms. The molecular formula is C13H21N3O. The molecule has 4 heteroatoms. The Labute approximate surface area is 102 Å². The number of nitrogens with two attached hydrogens (primary N) is 2. The quantitative estimate of drug-likeness (QED) is 0.739. The van der Waals surface area contributed by atoms with Crippen molar-refractivity contribution in [3.8, 4) is 0 Å². The summed E-state index contributed by atoms with van der Waals surface area (Å²) in [6.45, 7) is 4.90. The molecule has 0 aliphatic rings. The predicted molar refractivity (Wildman–Crippen MR) is 69.7 cm³/mol. The number of anilines is 1. The molecule has 0 unspecified atom stereocenters. The van der Waals surface area contributed by atoms with E-state index in [4.69, 9.17) is 11.5 Å². The van der Waals surface area contributed by atoms with Crippen LogP contribution in [-0.2, 0) is 0 Å². The summed E-state index contributed by atoms with van der Waals surface area (Å²) in [6, 6.07) is 1.65. The first-order valence-corrected chi connectivity index (χ1v) is 5.89. The molecule has 1 aromatic heterocycles. The van der Waals surface area contributed by atoms with E-state index in [9.17, 15) is 4.79 Å². The molecule has 0 aliphatic carbocycles. The van der Waals surface area contributed by atoms with Gasteiger partial charge in [0.05, 0.1) is 5.56 Å². The minimum atomic E-state index is 0.0562. The number of ketones is 1. The van der Waals surface area contributed by atoms with Crippen molar-refractivity contribution in [2.45, 2.75) is 33.1 Å². The Hall–Kier alpha value is -1.42. The number of nitrogens with zero attached hydrogens (tertiary/aromatic N) is 1. The summed E-state index contributed by atoms with van der Waals surface area (Å²) >= 11 is 0. The molecule has 17 heavy (non-hydrogen) atoms. The number of pyridine rings is 1. The van der Waals surface area contributed by atoms with Gasteiger partial charge < -0.3 is 11.5 Å². The van der Waals surface area contributed by atoms with E-state index in [-0.39, 0.29) is 11.2 Å². The lowest BCUT2D eigenvalue weighted by Gasteiger charge is -2.23. The molecule has 0 saturated carbocycles. The maximum Gasteiger partial charge on any atom is 0.166 e. The van der Waals surface area contributed by atoms with Crippen molar-refractivity contribution in [1.82, 2.24) is 4.98 Å². The average molecular weight is 235 g/mol. The van der Waals surface area contributed by atoms with Crippen molar-refractivity contribution < 1.29 is 4.79 Å². The number of Topliss-reactive ketones (excluding diaryl/α,β-unsaturated/α-hetero) is 1. The van der Waals surface area contributed by atoms with E-state index in [2.05, 4.69) is 18.8 Å². The van der Waals surface area contributed by atoms with Gasteiger partial charge >= 0.3 is 0 Å². The fourth-order valence-electron chi connectivity index (χ4n) is 1.74. The smallest absolute Gasteiger partial charge is 0.166 e. The van der Waals surface area contributed by atoms with Gasteiger partial charge in [-0.3, -0.25) is 9.78 Å². The van der Waals surface area contributed by atoms with E-state index in [0.29, 0.717) is 24.2 Å². The molecule has 0 saturated heterocycles. The Kier molecular flexibility index (Phi) is 4.63. The van der Waals surface area contributed by atoms with E-state index >= 15 is 0 Å². The Morgan fingerprint density at radius 2 is 2.12 bits per heavy atom. The number of nitrogen functional groups attached to an aromatic ring is 1. The molecular weight excluding hydrogens is 214 g/mol. The van der Waals surface area contributed by atoms with Crippen molar-refractivity contribution >= 4 is 11.5 Å². The molecule has 0 aromatic carbocycles. The predicted octanol–water partition coefficient (Wildman–Crippen LogP) is 2.00. The van der Waals surface area contributed by atoms with Crippen molar-refractivity contribution in [2.75, 3.05) is 12.3 Å². The van der Waals surface area contributed by atoms with Crippen LogP contribution in [-0.4, -0.2) is 17.3 Å². The topological polar surface area (TPSA) is 82.0 Å². The van der Waals surface area contributed by atoms with Gasteiger partial charge in [-0.05, 0) is 30.9 Å². The Morgan fingerprint density at radius 3 is 2.71 bits per heavy atom. The molecule has 0 atom stereocenters. The number of carbonyl (C=O) groups excluding carboxylic acids is 1. The molecule has 1 heterocycles. The molecule has 0 aliphatic heterocycles. The summed E-state index contributed by atoms with van der Waals surface area (Å²) in [5.74, 6) is 0.0562. The van der Waals surface area contributed by atoms with Crippen LogP contribution < -0.4 is 11.5 Å². The van der Waals surface area contributed by atoms with E-state index in [1.54, 1.807) is 12.3 Å². The summed E-state index contributed by atoms with van der Waals surface area (Å²) in [7, 11) is 0. The van der Waals surface area contributed by atoms with Crippen LogP contribution in [0.3, 0.4) is 0 Å². The number of hydrogen-bond donors (Lipinski definition) is 2. The lowest BCUT2D eigenvalue weighted by Crippen LogP contribution is -2.18. The highest BCUT2D eigenvalue weighted by Crippen LogP contribution is 2.27. The second kappa shape index (κ2) is 5.77. The zero-order valence-electron chi connectivity index (χ0n) is 10.6. The lowest BCUT2D eigenvalue weighted by molar-refractivity contribution is 0.0962. The van der Waals surface area contributed by atoms with E-state index in [0.717, 1.165) is 12.8 Å². The van der Waals surface area contributed by atoms with Crippen LogP contribution in [0.1, 0.15) is 43.5 Å². The van der Waals surface area contributed by atoms with Crippen LogP contribution in [0, 0.1) is 5.41 Å². The van der Waals surface area contributed by atoms with Crippen molar-refractivity contribution in [3.05, 3.63) is 24.0 Å². The number of rotatable bonds is 6. The molecule has 0 fully saturated rings. The van der Waals surface area contributed by atoms with Crippen LogP contribution in [0.5, 0.6) is 0 Å².